The summed E-state index contributed by atoms with van der Waals surface area (Å²) in [6, 6.07) is 22.8. The molecule has 1 aliphatic rings. The van der Waals surface area contributed by atoms with E-state index in [4.69, 9.17) is 39.8 Å². The molecule has 1 atom stereocenters. The van der Waals surface area contributed by atoms with Crippen molar-refractivity contribution in [2.24, 2.45) is 9.98 Å². The minimum absolute atomic E-state index is 0.530. The first-order valence-electron chi connectivity index (χ1n) is 8.00. The largest absolute Gasteiger partial charge is 0.244 e. The van der Waals surface area contributed by atoms with Crippen molar-refractivity contribution < 1.29 is 0 Å². The van der Waals surface area contributed by atoms with Gasteiger partial charge in [0.2, 0.25) is 0 Å². The Morgan fingerprint density at radius 2 is 1.50 bits per heavy atom. The van der Waals surface area contributed by atoms with Gasteiger partial charge in [-0.3, -0.25) is 0 Å². The lowest BCUT2D eigenvalue weighted by Gasteiger charge is -2.25. The number of amidine groups is 1. The van der Waals surface area contributed by atoms with Crippen LogP contribution in [-0.4, -0.2) is 12.1 Å². The highest BCUT2D eigenvalue weighted by Gasteiger charge is 2.38. The summed E-state index contributed by atoms with van der Waals surface area (Å²) in [4.78, 5) is 9.57. The van der Waals surface area contributed by atoms with Crippen LogP contribution >= 0.6 is 34.8 Å². The molecule has 0 bridgehead atoms. The zero-order chi connectivity index (χ0) is 18.1. The van der Waals surface area contributed by atoms with Crippen LogP contribution in [0.3, 0.4) is 0 Å². The summed E-state index contributed by atoms with van der Waals surface area (Å²) in [5, 5.41) is 1.73. The Morgan fingerprint density at radius 3 is 2.23 bits per heavy atom. The molecule has 0 fully saturated rings. The summed E-state index contributed by atoms with van der Waals surface area (Å²) in [5.41, 5.74) is 1.79. The quantitative estimate of drug-likeness (QED) is 0.485. The highest BCUT2D eigenvalue weighted by molar-refractivity contribution is 6.35. The van der Waals surface area contributed by atoms with Crippen LogP contribution in [0.25, 0.3) is 0 Å². The summed E-state index contributed by atoms with van der Waals surface area (Å²) in [6.45, 7) is 0. The Balaban J connectivity index is 1.95. The molecule has 3 aromatic rings. The Morgan fingerprint density at radius 1 is 0.731 bits per heavy atom. The molecule has 3 aromatic carbocycles. The second-order valence-corrected chi connectivity index (χ2v) is 7.24. The zero-order valence-electron chi connectivity index (χ0n) is 13.5. The van der Waals surface area contributed by atoms with E-state index < -0.39 is 5.54 Å². The van der Waals surface area contributed by atoms with Crippen LogP contribution in [0.4, 0.5) is 0 Å². The lowest BCUT2D eigenvalue weighted by molar-refractivity contribution is 0.763. The summed E-state index contributed by atoms with van der Waals surface area (Å²) in [5.74, 6) is 0.650. The van der Waals surface area contributed by atoms with Gasteiger partial charge in [0.05, 0.1) is 0 Å². The molecule has 26 heavy (non-hydrogen) atoms. The van der Waals surface area contributed by atoms with Crippen LogP contribution in [0.15, 0.2) is 82.8 Å². The van der Waals surface area contributed by atoms with Gasteiger partial charge < -0.3 is 0 Å². The summed E-state index contributed by atoms with van der Waals surface area (Å²) < 4.78 is 0. The van der Waals surface area contributed by atoms with Gasteiger partial charge in [0.15, 0.2) is 5.84 Å². The molecule has 1 aliphatic heterocycles. The molecule has 0 spiro atoms. The number of hydrogen-bond donors (Lipinski definition) is 0. The van der Waals surface area contributed by atoms with E-state index in [1.54, 1.807) is 12.1 Å². The molecule has 0 radical (unpaired) electrons. The third-order valence-corrected chi connectivity index (χ3v) is 5.08. The molecule has 0 aliphatic carbocycles. The fraction of sp³-hybridized carbons (Fsp3) is 0.0476. The molecule has 0 saturated carbocycles. The highest BCUT2D eigenvalue weighted by atomic mass is 35.5. The number of nitrogens with zero attached hydrogens (tertiary/aromatic N) is 2. The van der Waals surface area contributed by atoms with Crippen molar-refractivity contribution in [3.05, 3.63) is 105 Å². The number of halogens is 3. The van der Waals surface area contributed by atoms with E-state index in [1.807, 2.05) is 66.9 Å². The maximum Gasteiger partial charge on any atom is 0.155 e. The molecule has 1 unspecified atom stereocenters. The molecule has 0 aromatic heterocycles. The number of benzene rings is 3. The highest BCUT2D eigenvalue weighted by Crippen LogP contribution is 2.41. The van der Waals surface area contributed by atoms with E-state index >= 15 is 0 Å². The molecule has 0 N–H and O–H groups in total. The summed E-state index contributed by atoms with van der Waals surface area (Å²) in [7, 11) is 0. The first kappa shape index (κ1) is 17.3. The van der Waals surface area contributed by atoms with Gasteiger partial charge in [-0.05, 0) is 29.8 Å². The van der Waals surface area contributed by atoms with Crippen molar-refractivity contribution in [1.82, 2.24) is 0 Å². The maximum atomic E-state index is 6.53. The Hall–Kier alpha value is -2.13. The predicted molar refractivity (Wildman–Crippen MR) is 110 cm³/mol. The molecule has 5 heteroatoms. The van der Waals surface area contributed by atoms with E-state index in [0.717, 1.165) is 16.7 Å². The van der Waals surface area contributed by atoms with Crippen LogP contribution in [0.5, 0.6) is 0 Å². The van der Waals surface area contributed by atoms with Gasteiger partial charge in [-0.1, -0.05) is 83.3 Å². The fourth-order valence-electron chi connectivity index (χ4n) is 3.05. The van der Waals surface area contributed by atoms with Crippen LogP contribution in [0.1, 0.15) is 16.7 Å². The van der Waals surface area contributed by atoms with Crippen LogP contribution in [-0.2, 0) is 5.54 Å². The van der Waals surface area contributed by atoms with Crippen LogP contribution in [0, 0.1) is 0 Å². The monoisotopic (exact) mass is 398 g/mol. The third kappa shape index (κ3) is 3.05. The molecular weight excluding hydrogens is 387 g/mol. The molecule has 128 valence electrons. The van der Waals surface area contributed by atoms with E-state index in [1.165, 1.54) is 0 Å². The third-order valence-electron chi connectivity index (χ3n) is 4.29. The standard InChI is InChI=1S/C21H13Cl3N2/c22-16-8-4-7-15(11-16)21(18-10-9-17(23)12-19(18)24)13-25-20(26-21)14-5-2-1-3-6-14/h1-13H. The summed E-state index contributed by atoms with van der Waals surface area (Å²) in [6.07, 6.45) is 1.82. The lowest BCUT2D eigenvalue weighted by atomic mass is 9.84. The molecular formula is C21H13Cl3N2. The van der Waals surface area contributed by atoms with Gasteiger partial charge in [0.1, 0.15) is 5.54 Å². The Labute approximate surface area is 166 Å². The lowest BCUT2D eigenvalue weighted by Crippen LogP contribution is -2.26. The minimum atomic E-state index is -0.849. The molecule has 2 nitrogen and oxygen atoms in total. The van der Waals surface area contributed by atoms with Crippen molar-refractivity contribution in [2.75, 3.05) is 0 Å². The van der Waals surface area contributed by atoms with Crippen LogP contribution < -0.4 is 0 Å². The number of aliphatic imine (C=N–C) groups is 2. The molecule has 4 rings (SSSR count). The van der Waals surface area contributed by atoms with Crippen molar-refractivity contribution >= 4 is 46.9 Å². The topological polar surface area (TPSA) is 24.7 Å². The van der Waals surface area contributed by atoms with Gasteiger partial charge in [-0.2, -0.15) is 0 Å². The van der Waals surface area contributed by atoms with E-state index in [-0.39, 0.29) is 0 Å². The van der Waals surface area contributed by atoms with E-state index in [0.29, 0.717) is 20.9 Å². The maximum absolute atomic E-state index is 6.53. The SMILES string of the molecule is Clc1cccc(C2(c3ccc(Cl)cc3Cl)C=NC(c3ccccc3)=N2)c1. The van der Waals surface area contributed by atoms with Crippen molar-refractivity contribution in [1.29, 1.82) is 0 Å². The molecule has 1 heterocycles. The Bertz CT molecular complexity index is 1030. The van der Waals surface area contributed by atoms with Gasteiger partial charge in [0, 0.05) is 32.4 Å². The van der Waals surface area contributed by atoms with Gasteiger partial charge in [0.25, 0.3) is 0 Å². The second kappa shape index (κ2) is 6.88. The average Bonchev–Trinajstić information content (AvgIpc) is 3.09. The first-order valence-corrected chi connectivity index (χ1v) is 9.14. The van der Waals surface area contributed by atoms with Crippen molar-refractivity contribution in [3.8, 4) is 0 Å². The normalized spacial score (nSPS) is 18.8. The molecule has 0 saturated heterocycles. The number of rotatable bonds is 3. The van der Waals surface area contributed by atoms with E-state index in [9.17, 15) is 0 Å². The predicted octanol–water partition coefficient (Wildman–Crippen LogP) is 6.42. The van der Waals surface area contributed by atoms with Crippen molar-refractivity contribution in [3.63, 3.8) is 0 Å². The summed E-state index contributed by atoms with van der Waals surface area (Å²) >= 11 is 18.9. The smallest absolute Gasteiger partial charge is 0.155 e. The van der Waals surface area contributed by atoms with Gasteiger partial charge in [-0.15, -0.1) is 0 Å². The minimum Gasteiger partial charge on any atom is -0.244 e. The fourth-order valence-corrected chi connectivity index (χ4v) is 3.80. The molecule has 0 amide bonds. The Kier molecular flexibility index (Phi) is 4.58. The first-order chi connectivity index (χ1) is 12.6. The van der Waals surface area contributed by atoms with Gasteiger partial charge >= 0.3 is 0 Å². The van der Waals surface area contributed by atoms with Gasteiger partial charge in [-0.25, -0.2) is 9.98 Å². The average molecular weight is 400 g/mol. The van der Waals surface area contributed by atoms with Crippen LogP contribution in [0.2, 0.25) is 15.1 Å². The second-order valence-electron chi connectivity index (χ2n) is 5.96. The van der Waals surface area contributed by atoms with Crippen molar-refractivity contribution in [2.45, 2.75) is 5.54 Å². The zero-order valence-corrected chi connectivity index (χ0v) is 15.8. The van der Waals surface area contributed by atoms with E-state index in [2.05, 4.69) is 4.99 Å². The number of hydrogen-bond acceptors (Lipinski definition) is 2.